The molecule has 1 aromatic carbocycles. The smallest absolute Gasteiger partial charge is 0.289 e. The summed E-state index contributed by atoms with van der Waals surface area (Å²) in [5.74, 6) is 1.02. The summed E-state index contributed by atoms with van der Waals surface area (Å²) in [6, 6.07) is 10.7. The number of furan rings is 1. The Morgan fingerprint density at radius 3 is 2.88 bits per heavy atom. The van der Waals surface area contributed by atoms with E-state index in [2.05, 4.69) is 0 Å². The highest BCUT2D eigenvalue weighted by Crippen LogP contribution is 2.27. The normalized spacial score (nSPS) is 17.7. The number of ether oxygens (including phenoxy) is 1. The Hall–Kier alpha value is -2.32. The summed E-state index contributed by atoms with van der Waals surface area (Å²) in [5.41, 5.74) is 0.812. The summed E-state index contributed by atoms with van der Waals surface area (Å²) in [4.78, 5) is 14.2. The highest BCUT2D eigenvalue weighted by Gasteiger charge is 2.30. The van der Waals surface area contributed by atoms with Crippen LogP contribution >= 0.6 is 0 Å². The lowest BCUT2D eigenvalue weighted by Crippen LogP contribution is -2.30. The number of amides is 1. The first-order valence-corrected chi connectivity index (χ1v) is 9.61. The van der Waals surface area contributed by atoms with E-state index < -0.39 is 10.0 Å². The maximum atomic E-state index is 12.6. The number of primary sulfonamides is 1. The van der Waals surface area contributed by atoms with Crippen molar-refractivity contribution in [1.29, 1.82) is 0 Å². The summed E-state index contributed by atoms with van der Waals surface area (Å²) in [5, 5.41) is 5.08. The topological polar surface area (TPSA) is 103 Å². The minimum atomic E-state index is -3.53. The van der Waals surface area contributed by atoms with Crippen LogP contribution in [0.25, 0.3) is 11.3 Å². The molecular weight excluding hydrogens is 344 g/mol. The number of benzene rings is 1. The van der Waals surface area contributed by atoms with Gasteiger partial charge in [0.25, 0.3) is 5.91 Å². The van der Waals surface area contributed by atoms with Crippen LogP contribution < -0.4 is 9.88 Å². The molecular formula is C17H20N2O5S. The van der Waals surface area contributed by atoms with E-state index in [0.29, 0.717) is 31.0 Å². The van der Waals surface area contributed by atoms with E-state index in [4.69, 9.17) is 14.3 Å². The number of rotatable bonds is 5. The number of carbonyl (C=O) groups excluding carboxylic acids is 1. The van der Waals surface area contributed by atoms with Crippen molar-refractivity contribution in [3.05, 3.63) is 42.2 Å². The number of hydrogen-bond acceptors (Lipinski definition) is 5. The van der Waals surface area contributed by atoms with Crippen molar-refractivity contribution in [2.45, 2.75) is 6.42 Å². The van der Waals surface area contributed by atoms with Crippen LogP contribution in [-0.2, 0) is 10.0 Å². The summed E-state index contributed by atoms with van der Waals surface area (Å²) in [6.45, 7) is 0.860. The van der Waals surface area contributed by atoms with Gasteiger partial charge in [-0.05, 0) is 36.6 Å². The van der Waals surface area contributed by atoms with Gasteiger partial charge in [0.1, 0.15) is 11.5 Å². The fourth-order valence-corrected chi connectivity index (χ4v) is 3.95. The predicted molar refractivity (Wildman–Crippen MR) is 92.7 cm³/mol. The van der Waals surface area contributed by atoms with Gasteiger partial charge in [0.2, 0.25) is 10.0 Å². The molecule has 134 valence electrons. The van der Waals surface area contributed by atoms with E-state index in [0.717, 1.165) is 5.56 Å². The molecule has 8 heteroatoms. The van der Waals surface area contributed by atoms with Gasteiger partial charge in [-0.1, -0.05) is 12.1 Å². The lowest BCUT2D eigenvalue weighted by molar-refractivity contribution is 0.0757. The zero-order chi connectivity index (χ0) is 18.0. The number of nitrogens with two attached hydrogens (primary N) is 1. The third-order valence-corrected chi connectivity index (χ3v) is 5.15. The minimum Gasteiger partial charge on any atom is -0.497 e. The Bertz CT molecular complexity index is 875. The molecule has 0 saturated carbocycles. The van der Waals surface area contributed by atoms with Gasteiger partial charge in [-0.25, -0.2) is 13.6 Å². The summed E-state index contributed by atoms with van der Waals surface area (Å²) in [7, 11) is -1.95. The fraction of sp³-hybridized carbons (Fsp3) is 0.353. The average molecular weight is 364 g/mol. The molecule has 0 bridgehead atoms. The van der Waals surface area contributed by atoms with Crippen molar-refractivity contribution in [3.8, 4) is 17.1 Å². The lowest BCUT2D eigenvalue weighted by atomic mass is 10.1. The molecule has 2 N–H and O–H groups in total. The maximum Gasteiger partial charge on any atom is 0.289 e. The highest BCUT2D eigenvalue weighted by atomic mass is 32.2. The number of hydrogen-bond donors (Lipinski definition) is 1. The van der Waals surface area contributed by atoms with Crippen LogP contribution in [0.4, 0.5) is 0 Å². The average Bonchev–Trinajstić information content (AvgIpc) is 3.22. The second-order valence-electron chi connectivity index (χ2n) is 6.13. The molecule has 3 rings (SSSR count). The summed E-state index contributed by atoms with van der Waals surface area (Å²) in [6.07, 6.45) is 0.617. The molecule has 7 nitrogen and oxygen atoms in total. The third-order valence-electron chi connectivity index (χ3n) is 4.21. The first kappa shape index (κ1) is 17.5. The van der Waals surface area contributed by atoms with Gasteiger partial charge in [-0.2, -0.15) is 0 Å². The molecule has 2 heterocycles. The van der Waals surface area contributed by atoms with Gasteiger partial charge in [0, 0.05) is 18.7 Å². The number of likely N-dealkylation sites (tertiary alicyclic amines) is 1. The van der Waals surface area contributed by atoms with Crippen LogP contribution in [0.15, 0.2) is 40.8 Å². The molecule has 1 saturated heterocycles. The molecule has 25 heavy (non-hydrogen) atoms. The molecule has 0 spiro atoms. The van der Waals surface area contributed by atoms with E-state index in [9.17, 15) is 13.2 Å². The van der Waals surface area contributed by atoms with Gasteiger partial charge in [-0.3, -0.25) is 4.79 Å². The first-order valence-electron chi connectivity index (χ1n) is 7.90. The first-order chi connectivity index (χ1) is 11.9. The molecule has 2 aromatic rings. The molecule has 1 aliphatic rings. The molecule has 1 aliphatic heterocycles. The minimum absolute atomic E-state index is 0.107. The zero-order valence-electron chi connectivity index (χ0n) is 13.8. The number of carbonyl (C=O) groups is 1. The number of methoxy groups -OCH3 is 1. The van der Waals surface area contributed by atoms with E-state index in [1.54, 1.807) is 24.1 Å². The van der Waals surface area contributed by atoms with Crippen LogP contribution in [0.3, 0.4) is 0 Å². The van der Waals surface area contributed by atoms with Gasteiger partial charge >= 0.3 is 0 Å². The van der Waals surface area contributed by atoms with Gasteiger partial charge < -0.3 is 14.1 Å². The Balaban J connectivity index is 1.71. The molecule has 0 aliphatic carbocycles. The van der Waals surface area contributed by atoms with Crippen LogP contribution in [0.5, 0.6) is 5.75 Å². The summed E-state index contributed by atoms with van der Waals surface area (Å²) >= 11 is 0. The lowest BCUT2D eigenvalue weighted by Gasteiger charge is -2.14. The summed E-state index contributed by atoms with van der Waals surface area (Å²) < 4.78 is 33.3. The SMILES string of the molecule is COc1cccc(-c2ccc(C(=O)N3CC[C@H](CS(N)(=O)=O)C3)o2)c1. The van der Waals surface area contributed by atoms with E-state index >= 15 is 0 Å². The van der Waals surface area contributed by atoms with Crippen molar-refractivity contribution in [2.75, 3.05) is 26.0 Å². The Labute approximate surface area is 146 Å². The van der Waals surface area contributed by atoms with Crippen molar-refractivity contribution in [1.82, 2.24) is 4.90 Å². The van der Waals surface area contributed by atoms with Crippen LogP contribution in [0.2, 0.25) is 0 Å². The Kier molecular flexibility index (Phi) is 4.82. The van der Waals surface area contributed by atoms with Gasteiger partial charge in [0.05, 0.1) is 12.9 Å². The molecule has 1 aromatic heterocycles. The van der Waals surface area contributed by atoms with Crippen molar-refractivity contribution in [3.63, 3.8) is 0 Å². The fourth-order valence-electron chi connectivity index (χ4n) is 3.02. The van der Waals surface area contributed by atoms with Crippen LogP contribution in [0.1, 0.15) is 17.0 Å². The second kappa shape index (κ2) is 6.89. The Morgan fingerprint density at radius 2 is 2.16 bits per heavy atom. The van der Waals surface area contributed by atoms with Crippen molar-refractivity contribution >= 4 is 15.9 Å². The van der Waals surface area contributed by atoms with Crippen molar-refractivity contribution < 1.29 is 22.4 Å². The predicted octanol–water partition coefficient (Wildman–Crippen LogP) is 1.71. The van der Waals surface area contributed by atoms with Gasteiger partial charge in [-0.15, -0.1) is 0 Å². The molecule has 1 fully saturated rings. The molecule has 0 unspecified atom stereocenters. The van der Waals surface area contributed by atoms with E-state index in [1.807, 2.05) is 24.3 Å². The third kappa shape index (κ3) is 4.21. The van der Waals surface area contributed by atoms with Crippen LogP contribution in [0, 0.1) is 5.92 Å². The van der Waals surface area contributed by atoms with E-state index in [-0.39, 0.29) is 23.3 Å². The monoisotopic (exact) mass is 364 g/mol. The Morgan fingerprint density at radius 1 is 1.36 bits per heavy atom. The number of nitrogens with zero attached hydrogens (tertiary/aromatic N) is 1. The molecule has 0 radical (unpaired) electrons. The largest absolute Gasteiger partial charge is 0.497 e. The second-order valence-corrected chi connectivity index (χ2v) is 7.79. The van der Waals surface area contributed by atoms with Crippen LogP contribution in [-0.4, -0.2) is 45.2 Å². The highest BCUT2D eigenvalue weighted by molar-refractivity contribution is 7.89. The van der Waals surface area contributed by atoms with Crippen molar-refractivity contribution in [2.24, 2.45) is 11.1 Å². The van der Waals surface area contributed by atoms with E-state index in [1.165, 1.54) is 0 Å². The zero-order valence-corrected chi connectivity index (χ0v) is 14.7. The van der Waals surface area contributed by atoms with Gasteiger partial charge in [0.15, 0.2) is 5.76 Å². The molecule has 1 atom stereocenters. The quantitative estimate of drug-likeness (QED) is 0.870. The maximum absolute atomic E-state index is 12.6. The molecule has 1 amide bonds. The standard InChI is InChI=1S/C17H20N2O5S/c1-23-14-4-2-3-13(9-14)15-5-6-16(24-15)17(20)19-8-7-12(10-19)11-25(18,21)22/h2-6,9,12H,7-8,10-11H2,1H3,(H2,18,21,22)/t12-/m0/s1. The number of sulfonamides is 1.